The van der Waals surface area contributed by atoms with Gasteiger partial charge in [0.2, 0.25) is 0 Å². The first kappa shape index (κ1) is 91.6. The van der Waals surface area contributed by atoms with Crippen LogP contribution in [-0.2, 0) is 61.2 Å². The highest BCUT2D eigenvalue weighted by atomic mass is 31.2. The zero-order valence-corrected chi connectivity index (χ0v) is 62.3. The summed E-state index contributed by atoms with van der Waals surface area (Å²) in [6, 6.07) is 0. The molecule has 1 aliphatic carbocycles. The molecular formula is C75H137O24P. The van der Waals surface area contributed by atoms with E-state index in [4.69, 9.17) is 42.2 Å². The molecule has 586 valence electrons. The molecule has 3 aliphatic rings. The van der Waals surface area contributed by atoms with Crippen LogP contribution in [0.25, 0.3) is 0 Å². The van der Waals surface area contributed by atoms with Gasteiger partial charge in [-0.05, 0) is 31.6 Å². The lowest BCUT2D eigenvalue weighted by atomic mass is 9.84. The zero-order chi connectivity index (χ0) is 73.3. The quantitative estimate of drug-likeness (QED) is 0.00673. The zero-order valence-electron chi connectivity index (χ0n) is 61.4. The Morgan fingerprint density at radius 3 is 1.28 bits per heavy atom. The molecule has 3 rings (SSSR count). The van der Waals surface area contributed by atoms with E-state index in [1.807, 2.05) is 6.08 Å². The first-order valence-corrected chi connectivity index (χ1v) is 40.5. The molecule has 1 saturated carbocycles. The van der Waals surface area contributed by atoms with E-state index in [1.54, 1.807) is 6.08 Å². The van der Waals surface area contributed by atoms with Gasteiger partial charge in [0.05, 0.1) is 13.2 Å². The molecule has 100 heavy (non-hydrogen) atoms. The number of carbonyl (C=O) groups excluding carboxylic acids is 3. The third-order valence-electron chi connectivity index (χ3n) is 19.5. The molecule has 3 fully saturated rings. The second kappa shape index (κ2) is 55.8. The Kier molecular flexibility index (Phi) is 51.2. The van der Waals surface area contributed by atoms with Crippen LogP contribution in [0.2, 0.25) is 0 Å². The highest BCUT2D eigenvalue weighted by Gasteiger charge is 2.58. The summed E-state index contributed by atoms with van der Waals surface area (Å²) in [5.74, 6) is -1.52. The largest absolute Gasteiger partial charge is 0.472 e. The summed E-state index contributed by atoms with van der Waals surface area (Å²) in [7, 11) is -5.71. The van der Waals surface area contributed by atoms with Gasteiger partial charge in [-0.1, -0.05) is 277 Å². The second-order valence-corrected chi connectivity index (χ2v) is 29.8. The van der Waals surface area contributed by atoms with Crippen molar-refractivity contribution in [1.82, 2.24) is 0 Å². The van der Waals surface area contributed by atoms with Crippen molar-refractivity contribution in [1.29, 1.82) is 0 Å². The molecule has 24 nitrogen and oxygen atoms in total. The van der Waals surface area contributed by atoms with Crippen LogP contribution in [0.1, 0.15) is 297 Å². The summed E-state index contributed by atoms with van der Waals surface area (Å²) in [6.07, 6.45) is 15.8. The number of unbranched alkanes of at least 4 members (excludes halogenated alkanes) is 34. The highest BCUT2D eigenvalue weighted by Crippen LogP contribution is 2.49. The number of allylic oxidation sites excluding steroid dienone is 3. The summed E-state index contributed by atoms with van der Waals surface area (Å²) >= 11 is 0. The summed E-state index contributed by atoms with van der Waals surface area (Å²) in [5, 5.41) is 110. The molecule has 0 amide bonds. The Morgan fingerprint density at radius 1 is 0.440 bits per heavy atom. The van der Waals surface area contributed by atoms with Gasteiger partial charge in [0.25, 0.3) is 0 Å². The number of ether oxygens (including phenoxy) is 7. The van der Waals surface area contributed by atoms with E-state index in [0.717, 1.165) is 96.0 Å². The number of aliphatic hydroxyl groups excluding tert-OH is 10. The lowest BCUT2D eigenvalue weighted by Crippen LogP contribution is -2.69. The number of rotatable bonds is 60. The Labute approximate surface area is 598 Å². The summed E-state index contributed by atoms with van der Waals surface area (Å²) in [6.45, 7) is 5.70. The van der Waals surface area contributed by atoms with Crippen molar-refractivity contribution in [2.75, 3.05) is 26.4 Å². The Bertz CT molecular complexity index is 2180. The molecular weight excluding hydrogens is 1320 g/mol. The van der Waals surface area contributed by atoms with Crippen LogP contribution < -0.4 is 0 Å². The van der Waals surface area contributed by atoms with E-state index in [0.29, 0.717) is 18.8 Å². The third kappa shape index (κ3) is 38.6. The lowest BCUT2D eigenvalue weighted by Gasteiger charge is -2.49. The molecule has 0 aromatic heterocycles. The number of phosphoric acid groups is 1. The average Bonchev–Trinajstić information content (AvgIpc) is 0.764. The van der Waals surface area contributed by atoms with Crippen molar-refractivity contribution in [3.63, 3.8) is 0 Å². The fourth-order valence-corrected chi connectivity index (χ4v) is 14.0. The van der Waals surface area contributed by atoms with Crippen molar-refractivity contribution in [3.8, 4) is 0 Å². The molecule has 0 spiro atoms. The minimum absolute atomic E-state index is 0.0394. The fraction of sp³-hybridized carbons (Fsp3) is 0.907. The van der Waals surface area contributed by atoms with E-state index in [2.05, 4.69) is 27.7 Å². The molecule has 25 heteroatoms. The van der Waals surface area contributed by atoms with Crippen LogP contribution in [0.4, 0.5) is 0 Å². The summed E-state index contributed by atoms with van der Waals surface area (Å²) in [5.41, 5.74) is 0. The normalized spacial score (nSPS) is 27.8. The number of hydrogen-bond acceptors (Lipinski definition) is 23. The van der Waals surface area contributed by atoms with Gasteiger partial charge in [-0.25, -0.2) is 9.36 Å². The van der Waals surface area contributed by atoms with Gasteiger partial charge in [0.15, 0.2) is 18.7 Å². The SMILES string of the molecule is CCCCCCCCCCCCC/C=C/C=C/C(=O)OCC1OC(OC2C(O)C(O)C(O)C(OC3OC(CO)C(O)C(O)C3O)C2OP(=O)(O)OCC(COC(=O)CCCCCCCCC(C)CCCCCCCC)OC(=O)CCCCCCCCCCCCCCCC)C(O)C(O)C1O. The molecule has 19 unspecified atom stereocenters. The van der Waals surface area contributed by atoms with Gasteiger partial charge in [-0.3, -0.25) is 18.6 Å². The molecule has 0 aromatic rings. The molecule has 0 aromatic carbocycles. The van der Waals surface area contributed by atoms with Gasteiger partial charge in [-0.2, -0.15) is 0 Å². The smallest absolute Gasteiger partial charge is 0.462 e. The van der Waals surface area contributed by atoms with Crippen LogP contribution in [0.5, 0.6) is 0 Å². The highest BCUT2D eigenvalue weighted by molar-refractivity contribution is 7.47. The van der Waals surface area contributed by atoms with Gasteiger partial charge in [0, 0.05) is 18.9 Å². The first-order valence-electron chi connectivity index (χ1n) is 39.1. The van der Waals surface area contributed by atoms with Crippen molar-refractivity contribution < 1.29 is 117 Å². The van der Waals surface area contributed by atoms with Gasteiger partial charge >= 0.3 is 25.7 Å². The summed E-state index contributed by atoms with van der Waals surface area (Å²) in [4.78, 5) is 51.0. The third-order valence-corrected chi connectivity index (χ3v) is 20.5. The minimum Gasteiger partial charge on any atom is -0.462 e. The van der Waals surface area contributed by atoms with Crippen LogP contribution in [-0.4, -0.2) is 204 Å². The Hall–Kier alpha value is -2.56. The van der Waals surface area contributed by atoms with Crippen molar-refractivity contribution >= 4 is 25.7 Å². The molecule has 2 aliphatic heterocycles. The maximum Gasteiger partial charge on any atom is 0.472 e. The van der Waals surface area contributed by atoms with Crippen molar-refractivity contribution in [2.24, 2.45) is 5.92 Å². The number of esters is 3. The molecule has 2 saturated heterocycles. The van der Waals surface area contributed by atoms with E-state index in [1.165, 1.54) is 160 Å². The van der Waals surface area contributed by atoms with Crippen molar-refractivity contribution in [2.45, 2.75) is 402 Å². The minimum atomic E-state index is -5.71. The van der Waals surface area contributed by atoms with Crippen LogP contribution >= 0.6 is 7.82 Å². The number of carbonyl (C=O) groups is 3. The van der Waals surface area contributed by atoms with Crippen LogP contribution in [0.3, 0.4) is 0 Å². The summed E-state index contributed by atoms with van der Waals surface area (Å²) < 4.78 is 64.9. The standard InChI is InChI=1S/C75H137O24P/c1-5-8-11-14-17-19-21-23-25-27-28-30-32-38-44-49-60(78)92-54-58-63(81)65(83)70(88)75(96-58)98-72-68(86)66(84)67(85)71(97-74-69(87)64(82)62(80)57(51-76)95-74)73(72)99-100(89,90)93-53-56(94-61(79)50-45-40-33-31-29-26-24-22-20-18-15-12-9-6-2)52-91-59(77)48-43-39-35-34-37-42-47-55(4)46-41-36-16-13-10-7-3/h32,38,44,49,55-58,62-76,80-88H,5-31,33-37,39-43,45-48,50-54H2,1-4H3,(H,89,90)/b38-32+,49-44+. The maximum absolute atomic E-state index is 14.4. The molecule has 19 atom stereocenters. The van der Waals surface area contributed by atoms with Gasteiger partial charge in [0.1, 0.15) is 98.7 Å². The predicted molar refractivity (Wildman–Crippen MR) is 379 cm³/mol. The predicted octanol–water partition coefficient (Wildman–Crippen LogP) is 11.2. The molecule has 0 bridgehead atoms. The first-order chi connectivity index (χ1) is 48.2. The molecule has 0 radical (unpaired) electrons. The molecule has 2 heterocycles. The van der Waals surface area contributed by atoms with E-state index < -0.39 is 156 Å². The van der Waals surface area contributed by atoms with Crippen molar-refractivity contribution in [3.05, 3.63) is 24.3 Å². The van der Waals surface area contributed by atoms with Gasteiger partial charge in [-0.15, -0.1) is 0 Å². The number of hydrogen-bond donors (Lipinski definition) is 11. The average molecular weight is 1450 g/mol. The van der Waals surface area contributed by atoms with E-state index in [9.17, 15) is 74.9 Å². The maximum atomic E-state index is 14.4. The topological polar surface area (TPSA) is 374 Å². The number of phosphoric ester groups is 1. The Balaban J connectivity index is 1.74. The monoisotopic (exact) mass is 1450 g/mol. The Morgan fingerprint density at radius 2 is 0.830 bits per heavy atom. The lowest BCUT2D eigenvalue weighted by molar-refractivity contribution is -0.360. The van der Waals surface area contributed by atoms with Gasteiger partial charge < -0.3 is 89.1 Å². The van der Waals surface area contributed by atoms with E-state index >= 15 is 0 Å². The second-order valence-electron chi connectivity index (χ2n) is 28.4. The molecule has 11 N–H and O–H groups in total. The van der Waals surface area contributed by atoms with E-state index in [-0.39, 0.29) is 12.8 Å². The number of aliphatic hydroxyl groups is 10. The fourth-order valence-electron chi connectivity index (χ4n) is 13.0. The van der Waals surface area contributed by atoms with Crippen LogP contribution in [0.15, 0.2) is 24.3 Å². The van der Waals surface area contributed by atoms with Crippen LogP contribution in [0, 0.1) is 5.92 Å².